The molecule has 0 bridgehead atoms. The minimum Gasteiger partial charge on any atom is -0.494 e. The van der Waals surface area contributed by atoms with Crippen LogP contribution in [0.1, 0.15) is 12.8 Å². The Bertz CT molecular complexity index is 1200. The van der Waals surface area contributed by atoms with E-state index in [0.29, 0.717) is 13.2 Å². The predicted octanol–water partition coefficient (Wildman–Crippen LogP) is 9.84. The second-order valence-electron chi connectivity index (χ2n) is 11.6. The molecule has 0 heterocycles. The Labute approximate surface area is 248 Å². The molecule has 0 aliphatic carbocycles. The van der Waals surface area contributed by atoms with Crippen molar-refractivity contribution in [3.05, 3.63) is 109 Å². The number of ether oxygens (including phenoxy) is 2. The van der Waals surface area contributed by atoms with Crippen LogP contribution in [0.3, 0.4) is 0 Å². The van der Waals surface area contributed by atoms with Gasteiger partial charge in [-0.15, -0.1) is 0 Å². The molecule has 0 fully saturated rings. The lowest BCUT2D eigenvalue weighted by Crippen LogP contribution is -2.44. The Morgan fingerprint density at radius 1 is 0.463 bits per heavy atom. The summed E-state index contributed by atoms with van der Waals surface area (Å²) in [4.78, 5) is 0. The molecular weight excluding hydrogens is 541 g/mol. The van der Waals surface area contributed by atoms with Gasteiger partial charge < -0.3 is 24.2 Å². The maximum absolute atomic E-state index is 6.82. The quantitative estimate of drug-likeness (QED) is 0.101. The number of benzene rings is 4. The molecule has 7 heteroatoms. The molecule has 0 amide bonds. The summed E-state index contributed by atoms with van der Waals surface area (Å²) in [5, 5.41) is 6.81. The highest BCUT2D eigenvalue weighted by Crippen LogP contribution is 2.26. The first-order valence-electron chi connectivity index (χ1n) is 14.6. The zero-order chi connectivity index (χ0) is 29.0. The van der Waals surface area contributed by atoms with E-state index < -0.39 is 16.6 Å². The first-order chi connectivity index (χ1) is 19.8. The van der Waals surface area contributed by atoms with E-state index >= 15 is 0 Å². The number of anilines is 4. The molecule has 0 saturated carbocycles. The molecule has 41 heavy (non-hydrogen) atoms. The van der Waals surface area contributed by atoms with Crippen molar-refractivity contribution < 1.29 is 13.6 Å². The van der Waals surface area contributed by atoms with E-state index in [1.54, 1.807) is 0 Å². The molecule has 0 atom stereocenters. The third-order valence-corrected chi connectivity index (χ3v) is 14.3. The van der Waals surface area contributed by atoms with E-state index in [4.69, 9.17) is 13.6 Å². The fraction of sp³-hybridized carbons (Fsp3) is 0.294. The van der Waals surface area contributed by atoms with Crippen LogP contribution >= 0.6 is 0 Å². The lowest BCUT2D eigenvalue weighted by molar-refractivity contribution is 0.312. The fourth-order valence-electron chi connectivity index (χ4n) is 4.87. The first kappa shape index (κ1) is 30.4. The molecule has 0 unspecified atom stereocenters. The van der Waals surface area contributed by atoms with Gasteiger partial charge in [-0.2, -0.15) is 0 Å². The molecular formula is C34H44N2O3Si2. The SMILES string of the molecule is C[Si](C)(CCCOc1ccc(Nc2ccccc2)cc1)O[Si](C)(C)CCCOc1ccc(Nc2ccccc2)cc1. The minimum absolute atomic E-state index is 0.709. The maximum atomic E-state index is 6.82. The van der Waals surface area contributed by atoms with Gasteiger partial charge in [0.1, 0.15) is 11.5 Å². The van der Waals surface area contributed by atoms with E-state index in [1.165, 1.54) is 0 Å². The monoisotopic (exact) mass is 584 g/mol. The number of rotatable bonds is 16. The van der Waals surface area contributed by atoms with Gasteiger partial charge in [0, 0.05) is 22.7 Å². The van der Waals surface area contributed by atoms with E-state index in [2.05, 4.69) is 85.4 Å². The Morgan fingerprint density at radius 2 is 0.805 bits per heavy atom. The van der Waals surface area contributed by atoms with E-state index in [9.17, 15) is 0 Å². The van der Waals surface area contributed by atoms with Crippen molar-refractivity contribution in [3.63, 3.8) is 0 Å². The molecule has 0 aliphatic rings. The smallest absolute Gasteiger partial charge is 0.173 e. The molecule has 216 valence electrons. The Hall–Kier alpha value is -3.53. The maximum Gasteiger partial charge on any atom is 0.173 e. The van der Waals surface area contributed by atoms with Gasteiger partial charge in [0.15, 0.2) is 16.6 Å². The van der Waals surface area contributed by atoms with Crippen molar-refractivity contribution >= 4 is 39.4 Å². The van der Waals surface area contributed by atoms with Crippen LogP contribution < -0.4 is 20.1 Å². The van der Waals surface area contributed by atoms with Crippen LogP contribution in [0.2, 0.25) is 38.3 Å². The zero-order valence-corrected chi connectivity index (χ0v) is 26.9. The van der Waals surface area contributed by atoms with E-state index in [0.717, 1.165) is 59.2 Å². The standard InChI is InChI=1S/C34H44N2O3Si2/c1-40(2,27-11-25-37-33-21-17-31(18-22-33)35-29-13-7-5-8-14-29)39-41(3,4)28-12-26-38-34-23-19-32(20-24-34)36-30-15-9-6-10-16-30/h5-10,13-24,35-36H,11-12,25-28H2,1-4H3. The van der Waals surface area contributed by atoms with Crippen LogP contribution in [-0.4, -0.2) is 29.8 Å². The van der Waals surface area contributed by atoms with Crippen molar-refractivity contribution in [2.75, 3.05) is 23.8 Å². The molecule has 4 aromatic carbocycles. The van der Waals surface area contributed by atoms with Crippen LogP contribution in [0, 0.1) is 0 Å². The summed E-state index contributed by atoms with van der Waals surface area (Å²) in [6.45, 7) is 10.8. The summed E-state index contributed by atoms with van der Waals surface area (Å²) in [5.41, 5.74) is 4.26. The summed E-state index contributed by atoms with van der Waals surface area (Å²) < 4.78 is 18.9. The molecule has 4 aromatic rings. The van der Waals surface area contributed by atoms with Crippen molar-refractivity contribution in [1.29, 1.82) is 0 Å². The molecule has 0 radical (unpaired) electrons. The Morgan fingerprint density at radius 3 is 1.17 bits per heavy atom. The van der Waals surface area contributed by atoms with Crippen LogP contribution in [0.15, 0.2) is 109 Å². The lowest BCUT2D eigenvalue weighted by Gasteiger charge is -2.34. The molecule has 0 spiro atoms. The topological polar surface area (TPSA) is 51.8 Å². The van der Waals surface area contributed by atoms with Gasteiger partial charge in [0.25, 0.3) is 0 Å². The molecule has 2 N–H and O–H groups in total. The van der Waals surface area contributed by atoms with E-state index in [1.807, 2.05) is 60.7 Å². The number of para-hydroxylation sites is 2. The normalized spacial score (nSPS) is 11.6. The van der Waals surface area contributed by atoms with E-state index in [-0.39, 0.29) is 0 Å². The average Bonchev–Trinajstić information content (AvgIpc) is 2.96. The molecule has 0 aliphatic heterocycles. The number of hydrogen-bond donors (Lipinski definition) is 2. The van der Waals surface area contributed by atoms with Gasteiger partial charge in [-0.3, -0.25) is 0 Å². The molecule has 5 nitrogen and oxygen atoms in total. The summed E-state index contributed by atoms with van der Waals surface area (Å²) in [7, 11) is -3.54. The number of hydrogen-bond acceptors (Lipinski definition) is 5. The second kappa shape index (κ2) is 14.9. The lowest BCUT2D eigenvalue weighted by atomic mass is 10.2. The molecule has 4 rings (SSSR count). The minimum atomic E-state index is -1.77. The van der Waals surface area contributed by atoms with Gasteiger partial charge in [-0.1, -0.05) is 36.4 Å². The first-order valence-corrected chi connectivity index (χ1v) is 20.8. The summed E-state index contributed by atoms with van der Waals surface area (Å²) in [6, 6.07) is 38.9. The predicted molar refractivity (Wildman–Crippen MR) is 178 cm³/mol. The zero-order valence-electron chi connectivity index (χ0n) is 24.9. The van der Waals surface area contributed by atoms with Gasteiger partial charge in [-0.05, 0) is 124 Å². The van der Waals surface area contributed by atoms with Crippen molar-refractivity contribution in [1.82, 2.24) is 0 Å². The van der Waals surface area contributed by atoms with Gasteiger partial charge >= 0.3 is 0 Å². The second-order valence-corrected chi connectivity index (χ2v) is 20.4. The Kier molecular flexibility index (Phi) is 11.1. The highest BCUT2D eigenvalue weighted by atomic mass is 28.4. The van der Waals surface area contributed by atoms with Crippen molar-refractivity contribution in [3.8, 4) is 11.5 Å². The largest absolute Gasteiger partial charge is 0.494 e. The third kappa shape index (κ3) is 11.1. The summed E-state index contributed by atoms with van der Waals surface area (Å²) >= 11 is 0. The highest BCUT2D eigenvalue weighted by molar-refractivity contribution is 6.84. The average molecular weight is 585 g/mol. The molecule has 0 saturated heterocycles. The van der Waals surface area contributed by atoms with Crippen molar-refractivity contribution in [2.45, 2.75) is 51.1 Å². The summed E-state index contributed by atoms with van der Waals surface area (Å²) in [5.74, 6) is 1.81. The third-order valence-electron chi connectivity index (χ3n) is 6.77. The Balaban J connectivity index is 1.10. The van der Waals surface area contributed by atoms with Crippen LogP contribution in [-0.2, 0) is 4.12 Å². The number of nitrogens with one attached hydrogen (secondary N) is 2. The van der Waals surface area contributed by atoms with Crippen LogP contribution in [0.5, 0.6) is 11.5 Å². The van der Waals surface area contributed by atoms with Gasteiger partial charge in [0.05, 0.1) is 13.2 Å². The van der Waals surface area contributed by atoms with Gasteiger partial charge in [0.2, 0.25) is 0 Å². The van der Waals surface area contributed by atoms with Gasteiger partial charge in [-0.25, -0.2) is 0 Å². The highest BCUT2D eigenvalue weighted by Gasteiger charge is 2.32. The fourth-order valence-corrected chi connectivity index (χ4v) is 13.7. The van der Waals surface area contributed by atoms with Crippen LogP contribution in [0.4, 0.5) is 22.7 Å². The summed E-state index contributed by atoms with van der Waals surface area (Å²) in [6.07, 6.45) is 2.01. The van der Waals surface area contributed by atoms with Crippen LogP contribution in [0.25, 0.3) is 0 Å². The van der Waals surface area contributed by atoms with Crippen molar-refractivity contribution in [2.24, 2.45) is 0 Å². The molecule has 0 aromatic heterocycles.